The van der Waals surface area contributed by atoms with Gasteiger partial charge in [0.05, 0.1) is 44.6 Å². The summed E-state index contributed by atoms with van der Waals surface area (Å²) in [6, 6.07) is 65.3. The molecule has 14 nitrogen and oxygen atoms in total. The van der Waals surface area contributed by atoms with E-state index in [0.717, 1.165) is 27.1 Å². The molecule has 1 N–H and O–H groups in total. The Morgan fingerprint density at radius 3 is 1.64 bits per heavy atom. The minimum absolute atomic E-state index is 0.0451. The predicted molar refractivity (Wildman–Crippen MR) is 305 cm³/mol. The van der Waals surface area contributed by atoms with Gasteiger partial charge in [-0.15, -0.1) is 0 Å². The first kappa shape index (κ1) is 52.9. The van der Waals surface area contributed by atoms with Crippen LogP contribution in [0, 0.1) is 0 Å². The number of fused-ring (bicyclic) bond motifs is 1. The summed E-state index contributed by atoms with van der Waals surface area (Å²) in [5, 5.41) is 4.60. The number of carbonyl (C=O) groups is 2. The molecule has 7 aromatic carbocycles. The van der Waals surface area contributed by atoms with E-state index < -0.39 is 43.5 Å². The quantitative estimate of drug-likeness (QED) is 0.0646. The first-order valence-corrected chi connectivity index (χ1v) is 28.0. The number of nitrogens with one attached hydrogen (secondary N) is 1. The van der Waals surface area contributed by atoms with Gasteiger partial charge in [-0.2, -0.15) is 9.97 Å². The van der Waals surface area contributed by atoms with Crippen LogP contribution in [0.2, 0.25) is 5.04 Å². The Morgan fingerprint density at radius 2 is 1.15 bits per heavy atom. The maximum atomic E-state index is 14.5. The molecule has 0 radical (unpaired) electrons. The summed E-state index contributed by atoms with van der Waals surface area (Å²) in [5.41, 5.74) is 2.99. The number of imidazole rings is 1. The maximum Gasteiger partial charge on any atom is 0.425 e. The van der Waals surface area contributed by atoms with E-state index in [0.29, 0.717) is 29.3 Å². The Labute approximate surface area is 455 Å². The van der Waals surface area contributed by atoms with Crippen LogP contribution in [0.1, 0.15) is 63.5 Å². The van der Waals surface area contributed by atoms with Crippen LogP contribution in [0.4, 0.5) is 22.1 Å². The SMILES string of the molecule is CCC(=O)Nc1nc(OC(=O)N(c2ccccc2)c2ccccc2)c2ncn([C@H]3C[C@H](O[Si](c4ccccc4)(c4ccccc4)C(C)(C)C)[C@@H](COC(c4ccccc4)(c4ccc(OC)cc4)c4ccc(OC)cc4)O3)c2n1. The Balaban J connectivity index is 1.11. The van der Waals surface area contributed by atoms with Gasteiger partial charge in [0.2, 0.25) is 11.9 Å². The van der Waals surface area contributed by atoms with Crippen molar-refractivity contribution in [3.8, 4) is 17.4 Å². The topological polar surface area (TPSA) is 148 Å². The standard InChI is InChI=1S/C63H62N6O8Si/c1-7-55(70)65-60-66-58-57(59(67-60)76-61(71)69(47-25-15-9-16-26-47)48-27-17-10-18-28-48)64-43-68(58)56-41-53(77-78(62(2,3)4,51-29-19-11-20-30-51)52-31-21-12-22-32-52)54(75-56)42-74-63(44-23-13-8-14-24-44,45-33-37-49(72-5)38-34-45)46-35-39-50(73-6)40-36-46/h8-40,43,53-54,56H,7,41-42H2,1-6H3,(H,65,66,67,70)/t53-,54+,56+/m0/s1. The van der Waals surface area contributed by atoms with Gasteiger partial charge in [0.1, 0.15) is 29.4 Å². The number of rotatable bonds is 18. The summed E-state index contributed by atoms with van der Waals surface area (Å²) >= 11 is 0. The molecule has 1 aliphatic heterocycles. The van der Waals surface area contributed by atoms with Crippen LogP contribution in [0.15, 0.2) is 207 Å². The Bertz CT molecular complexity index is 3310. The van der Waals surface area contributed by atoms with Gasteiger partial charge >= 0.3 is 6.09 Å². The molecule has 9 aromatic rings. The lowest BCUT2D eigenvalue weighted by Crippen LogP contribution is -2.68. The van der Waals surface area contributed by atoms with E-state index in [1.165, 1.54) is 4.90 Å². The second kappa shape index (κ2) is 23.0. The highest BCUT2D eigenvalue weighted by atomic mass is 28.4. The van der Waals surface area contributed by atoms with Crippen molar-refractivity contribution in [2.75, 3.05) is 31.0 Å². The van der Waals surface area contributed by atoms with Gasteiger partial charge in [-0.05, 0) is 80.6 Å². The third-order valence-corrected chi connectivity index (χ3v) is 19.3. The second-order valence-corrected chi connectivity index (χ2v) is 24.2. The number of aromatic nitrogens is 4. The number of carbonyl (C=O) groups excluding carboxylic acids is 2. The van der Waals surface area contributed by atoms with Crippen molar-refractivity contribution in [2.24, 2.45) is 0 Å². The van der Waals surface area contributed by atoms with Gasteiger partial charge in [0, 0.05) is 12.8 Å². The van der Waals surface area contributed by atoms with E-state index in [4.69, 9.17) is 38.1 Å². The first-order chi connectivity index (χ1) is 37.9. The molecule has 2 amide bonds. The van der Waals surface area contributed by atoms with Crippen molar-refractivity contribution in [1.29, 1.82) is 0 Å². The molecule has 78 heavy (non-hydrogen) atoms. The molecule has 1 saturated heterocycles. The fourth-order valence-electron chi connectivity index (χ4n) is 10.4. The minimum Gasteiger partial charge on any atom is -0.497 e. The molecule has 396 valence electrons. The largest absolute Gasteiger partial charge is 0.497 e. The molecule has 0 bridgehead atoms. The zero-order chi connectivity index (χ0) is 54.3. The molecule has 0 aliphatic carbocycles. The van der Waals surface area contributed by atoms with Gasteiger partial charge in [-0.3, -0.25) is 14.7 Å². The summed E-state index contributed by atoms with van der Waals surface area (Å²) in [6.07, 6.45) is -0.751. The van der Waals surface area contributed by atoms with Crippen LogP contribution in [-0.4, -0.2) is 72.9 Å². The molecule has 1 fully saturated rings. The molecule has 15 heteroatoms. The van der Waals surface area contributed by atoms with E-state index in [2.05, 4.69) is 91.7 Å². The average Bonchev–Trinajstić information content (AvgIpc) is 4.12. The van der Waals surface area contributed by atoms with Crippen LogP contribution in [0.25, 0.3) is 11.2 Å². The monoisotopic (exact) mass is 1060 g/mol. The number of hydrogen-bond donors (Lipinski definition) is 1. The third kappa shape index (κ3) is 10.5. The van der Waals surface area contributed by atoms with E-state index >= 15 is 0 Å². The van der Waals surface area contributed by atoms with Crippen molar-refractivity contribution in [1.82, 2.24) is 19.5 Å². The van der Waals surface area contributed by atoms with E-state index in [9.17, 15) is 9.59 Å². The Kier molecular flexibility index (Phi) is 15.6. The lowest BCUT2D eigenvalue weighted by Gasteiger charge is -2.45. The second-order valence-electron chi connectivity index (χ2n) is 20.0. The highest BCUT2D eigenvalue weighted by Crippen LogP contribution is 2.46. The molecule has 1 aliphatic rings. The normalized spacial score (nSPS) is 15.6. The van der Waals surface area contributed by atoms with Crippen LogP contribution >= 0.6 is 0 Å². The number of benzene rings is 7. The van der Waals surface area contributed by atoms with Crippen LogP contribution in [0.3, 0.4) is 0 Å². The highest BCUT2D eigenvalue weighted by molar-refractivity contribution is 6.99. The summed E-state index contributed by atoms with van der Waals surface area (Å²) in [7, 11) is 0.0355. The van der Waals surface area contributed by atoms with E-state index in [1.54, 1.807) is 32.0 Å². The lowest BCUT2D eigenvalue weighted by atomic mass is 9.80. The molecular weight excluding hydrogens is 997 g/mol. The van der Waals surface area contributed by atoms with Crippen LogP contribution < -0.4 is 34.8 Å². The molecule has 3 atom stereocenters. The van der Waals surface area contributed by atoms with Crippen LogP contribution in [-0.2, 0) is 24.3 Å². The maximum absolute atomic E-state index is 14.5. The van der Waals surface area contributed by atoms with Crippen LogP contribution in [0.5, 0.6) is 17.4 Å². The van der Waals surface area contributed by atoms with Crippen molar-refractivity contribution in [3.05, 3.63) is 223 Å². The molecule has 0 spiro atoms. The summed E-state index contributed by atoms with van der Waals surface area (Å²) in [4.78, 5) is 43.3. The van der Waals surface area contributed by atoms with Gasteiger partial charge in [-0.1, -0.05) is 179 Å². The van der Waals surface area contributed by atoms with Gasteiger partial charge in [0.25, 0.3) is 14.2 Å². The molecule has 2 aromatic heterocycles. The Hall–Kier alpha value is -8.47. The summed E-state index contributed by atoms with van der Waals surface area (Å²) in [6.45, 7) is 8.52. The molecular formula is C63H62N6O8Si. The molecule has 0 unspecified atom stereocenters. The number of ether oxygens (including phenoxy) is 5. The van der Waals surface area contributed by atoms with Gasteiger partial charge in [0.15, 0.2) is 11.2 Å². The summed E-state index contributed by atoms with van der Waals surface area (Å²) in [5.74, 6) is 0.836. The van der Waals surface area contributed by atoms with Crippen molar-refractivity contribution < 1.29 is 37.7 Å². The van der Waals surface area contributed by atoms with E-state index in [1.807, 2.05) is 140 Å². The highest BCUT2D eigenvalue weighted by Gasteiger charge is 2.54. The number of hydrogen-bond acceptors (Lipinski definition) is 11. The fraction of sp³-hybridized carbons (Fsp3) is 0.222. The van der Waals surface area contributed by atoms with Gasteiger partial charge in [-0.25, -0.2) is 14.7 Å². The number of amides is 2. The average molecular weight is 1060 g/mol. The number of para-hydroxylation sites is 2. The molecule has 0 saturated carbocycles. The number of methoxy groups -OCH3 is 2. The van der Waals surface area contributed by atoms with Crippen molar-refractivity contribution in [3.63, 3.8) is 0 Å². The first-order valence-electron chi connectivity index (χ1n) is 26.0. The zero-order valence-electron chi connectivity index (χ0n) is 44.5. The third-order valence-electron chi connectivity index (χ3n) is 14.2. The van der Waals surface area contributed by atoms with Crippen molar-refractivity contribution >= 4 is 59.2 Å². The number of anilines is 3. The van der Waals surface area contributed by atoms with E-state index in [-0.39, 0.29) is 41.9 Å². The van der Waals surface area contributed by atoms with Crippen molar-refractivity contribution in [2.45, 2.75) is 69.6 Å². The lowest BCUT2D eigenvalue weighted by molar-refractivity contribution is -0.115. The zero-order valence-corrected chi connectivity index (χ0v) is 45.5. The predicted octanol–water partition coefficient (Wildman–Crippen LogP) is 11.8. The van der Waals surface area contributed by atoms with Gasteiger partial charge < -0.3 is 28.1 Å². The molecule has 10 rings (SSSR count). The minimum atomic E-state index is -3.26. The fourth-order valence-corrected chi connectivity index (χ4v) is 15.1. The number of nitrogens with zero attached hydrogens (tertiary/aromatic N) is 5. The Morgan fingerprint density at radius 1 is 0.667 bits per heavy atom. The molecule has 3 heterocycles. The smallest absolute Gasteiger partial charge is 0.425 e. The summed E-state index contributed by atoms with van der Waals surface area (Å²) < 4.78 is 42.3.